The highest BCUT2D eigenvalue weighted by atomic mass is 35.5. The number of pyridine rings is 1. The Labute approximate surface area is 111 Å². The molecule has 0 spiro atoms. The summed E-state index contributed by atoms with van der Waals surface area (Å²) in [7, 11) is 0. The van der Waals surface area contributed by atoms with Gasteiger partial charge in [0.2, 0.25) is 0 Å². The van der Waals surface area contributed by atoms with Crippen LogP contribution in [0.3, 0.4) is 0 Å². The van der Waals surface area contributed by atoms with E-state index in [-0.39, 0.29) is 0 Å². The number of furan rings is 1. The van der Waals surface area contributed by atoms with Crippen LogP contribution in [0.4, 0.5) is 0 Å². The van der Waals surface area contributed by atoms with Gasteiger partial charge in [-0.25, -0.2) is 0 Å². The monoisotopic (exact) mass is 262 g/mol. The number of rotatable bonds is 5. The van der Waals surface area contributed by atoms with Crippen LogP contribution < -0.4 is 0 Å². The maximum Gasteiger partial charge on any atom is 0.193 e. The second kappa shape index (κ2) is 5.12. The molecule has 0 aliphatic heterocycles. The normalized spacial score (nSPS) is 15.2. The summed E-state index contributed by atoms with van der Waals surface area (Å²) in [6.07, 6.45) is 6.23. The van der Waals surface area contributed by atoms with Crippen molar-refractivity contribution in [2.45, 2.75) is 32.0 Å². The average molecular weight is 263 g/mol. The fourth-order valence-electron chi connectivity index (χ4n) is 2.11. The Morgan fingerprint density at radius 2 is 1.94 bits per heavy atom. The lowest BCUT2D eigenvalue weighted by Gasteiger charge is -2.20. The predicted octanol–water partition coefficient (Wildman–Crippen LogP) is 3.49. The summed E-state index contributed by atoms with van der Waals surface area (Å²) in [5.74, 6) is 0.931. The summed E-state index contributed by atoms with van der Waals surface area (Å²) in [6.45, 7) is 1.76. The first-order valence-corrected chi connectivity index (χ1v) is 6.56. The zero-order chi connectivity index (χ0) is 12.4. The summed E-state index contributed by atoms with van der Waals surface area (Å²) in [4.78, 5) is 6.48. The molecule has 2 aromatic rings. The predicted molar refractivity (Wildman–Crippen MR) is 70.2 cm³/mol. The van der Waals surface area contributed by atoms with Gasteiger partial charge in [0.1, 0.15) is 5.76 Å². The van der Waals surface area contributed by atoms with Gasteiger partial charge in [-0.1, -0.05) is 0 Å². The van der Waals surface area contributed by atoms with Gasteiger partial charge in [0.25, 0.3) is 0 Å². The standard InChI is InChI=1S/C14H15ClN2O/c15-14-4-3-13(18-14)10-17(12-1-2-12)9-11-5-7-16-8-6-11/h3-8,12H,1-2,9-10H2. The van der Waals surface area contributed by atoms with Crippen LogP contribution in [0.15, 0.2) is 41.1 Å². The van der Waals surface area contributed by atoms with E-state index < -0.39 is 0 Å². The molecule has 18 heavy (non-hydrogen) atoms. The van der Waals surface area contributed by atoms with Crippen LogP contribution >= 0.6 is 11.6 Å². The second-order valence-electron chi connectivity index (χ2n) is 4.70. The third-order valence-electron chi connectivity index (χ3n) is 3.19. The Kier molecular flexibility index (Phi) is 3.35. The van der Waals surface area contributed by atoms with E-state index in [1.54, 1.807) is 6.07 Å². The summed E-state index contributed by atoms with van der Waals surface area (Å²) >= 11 is 5.81. The van der Waals surface area contributed by atoms with Crippen molar-refractivity contribution >= 4 is 11.6 Å². The molecule has 0 atom stereocenters. The van der Waals surface area contributed by atoms with Crippen molar-refractivity contribution in [3.8, 4) is 0 Å². The summed E-state index contributed by atoms with van der Waals surface area (Å²) in [5.41, 5.74) is 1.29. The largest absolute Gasteiger partial charge is 0.448 e. The molecule has 3 rings (SSSR count). The fourth-order valence-corrected chi connectivity index (χ4v) is 2.28. The highest BCUT2D eigenvalue weighted by Crippen LogP contribution is 2.30. The molecule has 0 N–H and O–H groups in total. The Bertz CT molecular complexity index is 508. The van der Waals surface area contributed by atoms with Gasteiger partial charge in [-0.15, -0.1) is 0 Å². The van der Waals surface area contributed by atoms with E-state index in [2.05, 4.69) is 22.0 Å². The van der Waals surface area contributed by atoms with Gasteiger partial charge < -0.3 is 4.42 Å². The first kappa shape index (κ1) is 11.8. The SMILES string of the molecule is Clc1ccc(CN(Cc2ccncc2)C2CC2)o1. The van der Waals surface area contributed by atoms with Crippen molar-refractivity contribution in [2.75, 3.05) is 0 Å². The molecule has 1 saturated carbocycles. The molecule has 94 valence electrons. The van der Waals surface area contributed by atoms with Crippen LogP contribution in [0.25, 0.3) is 0 Å². The molecule has 0 aromatic carbocycles. The lowest BCUT2D eigenvalue weighted by atomic mass is 10.2. The molecule has 1 aliphatic carbocycles. The summed E-state index contributed by atoms with van der Waals surface area (Å²) in [6, 6.07) is 8.55. The average Bonchev–Trinajstić information content (AvgIpc) is 3.15. The van der Waals surface area contributed by atoms with Gasteiger partial charge in [-0.3, -0.25) is 9.88 Å². The lowest BCUT2D eigenvalue weighted by molar-refractivity contribution is 0.225. The molecule has 2 heterocycles. The van der Waals surface area contributed by atoms with Crippen molar-refractivity contribution < 1.29 is 4.42 Å². The Hall–Kier alpha value is -1.32. The minimum absolute atomic E-state index is 0.463. The van der Waals surface area contributed by atoms with E-state index in [1.165, 1.54) is 18.4 Å². The van der Waals surface area contributed by atoms with Gasteiger partial charge in [0, 0.05) is 25.0 Å². The van der Waals surface area contributed by atoms with Crippen LogP contribution in [0.2, 0.25) is 5.22 Å². The Balaban J connectivity index is 1.69. The number of halogens is 1. The Morgan fingerprint density at radius 3 is 2.56 bits per heavy atom. The first-order chi connectivity index (χ1) is 8.81. The lowest BCUT2D eigenvalue weighted by Crippen LogP contribution is -2.24. The molecule has 0 bridgehead atoms. The highest BCUT2D eigenvalue weighted by Gasteiger charge is 2.29. The third kappa shape index (κ3) is 2.92. The number of aromatic nitrogens is 1. The van der Waals surface area contributed by atoms with E-state index >= 15 is 0 Å². The van der Waals surface area contributed by atoms with E-state index in [0.29, 0.717) is 11.3 Å². The van der Waals surface area contributed by atoms with E-state index in [4.69, 9.17) is 16.0 Å². The number of nitrogens with zero attached hydrogens (tertiary/aromatic N) is 2. The molecule has 1 aliphatic rings. The highest BCUT2D eigenvalue weighted by molar-refractivity contribution is 6.28. The molecule has 2 aromatic heterocycles. The van der Waals surface area contributed by atoms with E-state index in [0.717, 1.165) is 18.8 Å². The molecule has 0 radical (unpaired) electrons. The fraction of sp³-hybridized carbons (Fsp3) is 0.357. The third-order valence-corrected chi connectivity index (χ3v) is 3.39. The maximum absolute atomic E-state index is 5.81. The van der Waals surface area contributed by atoms with Gasteiger partial charge in [0.05, 0.1) is 6.54 Å². The van der Waals surface area contributed by atoms with Gasteiger partial charge in [0.15, 0.2) is 5.22 Å². The van der Waals surface area contributed by atoms with Crippen LogP contribution in [0.5, 0.6) is 0 Å². The van der Waals surface area contributed by atoms with E-state index in [9.17, 15) is 0 Å². The van der Waals surface area contributed by atoms with Crippen LogP contribution in [0.1, 0.15) is 24.2 Å². The van der Waals surface area contributed by atoms with Crippen LogP contribution in [-0.4, -0.2) is 15.9 Å². The smallest absolute Gasteiger partial charge is 0.193 e. The summed E-state index contributed by atoms with van der Waals surface area (Å²) in [5, 5.41) is 0.463. The Morgan fingerprint density at radius 1 is 1.17 bits per heavy atom. The topological polar surface area (TPSA) is 29.3 Å². The molecule has 1 fully saturated rings. The van der Waals surface area contributed by atoms with Gasteiger partial charge >= 0.3 is 0 Å². The summed E-state index contributed by atoms with van der Waals surface area (Å²) < 4.78 is 5.44. The van der Waals surface area contributed by atoms with Crippen molar-refractivity contribution in [3.63, 3.8) is 0 Å². The quantitative estimate of drug-likeness (QED) is 0.826. The minimum atomic E-state index is 0.463. The molecule has 0 amide bonds. The number of hydrogen-bond acceptors (Lipinski definition) is 3. The van der Waals surface area contributed by atoms with Crippen molar-refractivity contribution in [1.29, 1.82) is 0 Å². The van der Waals surface area contributed by atoms with Crippen molar-refractivity contribution in [1.82, 2.24) is 9.88 Å². The minimum Gasteiger partial charge on any atom is -0.448 e. The molecule has 3 nitrogen and oxygen atoms in total. The molecule has 0 unspecified atom stereocenters. The zero-order valence-corrected chi connectivity index (χ0v) is 10.8. The first-order valence-electron chi connectivity index (χ1n) is 6.18. The van der Waals surface area contributed by atoms with Gasteiger partial charge in [-0.05, 0) is 54.3 Å². The number of hydrogen-bond donors (Lipinski definition) is 0. The van der Waals surface area contributed by atoms with Crippen molar-refractivity contribution in [3.05, 3.63) is 53.2 Å². The second-order valence-corrected chi connectivity index (χ2v) is 5.07. The molecule has 0 saturated heterocycles. The maximum atomic E-state index is 5.81. The van der Waals surface area contributed by atoms with Gasteiger partial charge in [-0.2, -0.15) is 0 Å². The molecule has 4 heteroatoms. The van der Waals surface area contributed by atoms with E-state index in [1.807, 2.05) is 18.5 Å². The van der Waals surface area contributed by atoms with Crippen LogP contribution in [0, 0.1) is 0 Å². The molecular formula is C14H15ClN2O. The van der Waals surface area contributed by atoms with Crippen LogP contribution in [-0.2, 0) is 13.1 Å². The zero-order valence-electron chi connectivity index (χ0n) is 10.1. The van der Waals surface area contributed by atoms with Crippen molar-refractivity contribution in [2.24, 2.45) is 0 Å². The molecular weight excluding hydrogens is 248 g/mol.